The second-order valence-corrected chi connectivity index (χ2v) is 7.43. The predicted molar refractivity (Wildman–Crippen MR) is 110 cm³/mol. The van der Waals surface area contributed by atoms with Crippen LogP contribution in [0.2, 0.25) is 0 Å². The first-order valence-corrected chi connectivity index (χ1v) is 10.0. The van der Waals surface area contributed by atoms with Crippen molar-refractivity contribution in [3.8, 4) is 11.5 Å². The van der Waals surface area contributed by atoms with Crippen LogP contribution >= 0.6 is 0 Å². The molecule has 1 saturated heterocycles. The largest absolute Gasteiger partial charge is 0.493 e. The molecule has 0 aromatic heterocycles. The molecule has 0 radical (unpaired) electrons. The van der Waals surface area contributed by atoms with Crippen LogP contribution in [0, 0.1) is 5.92 Å². The number of para-hydroxylation sites is 3. The van der Waals surface area contributed by atoms with Gasteiger partial charge in [-0.1, -0.05) is 44.2 Å². The van der Waals surface area contributed by atoms with Crippen LogP contribution in [0.25, 0.3) is 0 Å². The fourth-order valence-corrected chi connectivity index (χ4v) is 3.08. The summed E-state index contributed by atoms with van der Waals surface area (Å²) >= 11 is 0. The van der Waals surface area contributed by atoms with Gasteiger partial charge in [0.2, 0.25) is 0 Å². The van der Waals surface area contributed by atoms with E-state index in [-0.39, 0.29) is 6.10 Å². The molecule has 2 aromatic rings. The molecule has 1 atom stereocenters. The number of hydrogen-bond donors (Lipinski definition) is 1. The van der Waals surface area contributed by atoms with Crippen molar-refractivity contribution in [1.82, 2.24) is 0 Å². The second kappa shape index (κ2) is 10.2. The average molecular weight is 370 g/mol. The lowest BCUT2D eigenvalue weighted by Gasteiger charge is -2.17. The van der Waals surface area contributed by atoms with Crippen LogP contribution in [-0.4, -0.2) is 25.9 Å². The van der Waals surface area contributed by atoms with Gasteiger partial charge < -0.3 is 19.5 Å². The lowest BCUT2D eigenvalue weighted by Crippen LogP contribution is -2.17. The van der Waals surface area contributed by atoms with Crippen molar-refractivity contribution in [3.63, 3.8) is 0 Å². The zero-order valence-corrected chi connectivity index (χ0v) is 16.4. The SMILES string of the molecule is CC(C)CCOc1ccccc1CNc1ccccc1OCC1CCCO1. The molecule has 1 aliphatic heterocycles. The van der Waals surface area contributed by atoms with E-state index in [0.717, 1.165) is 55.2 Å². The summed E-state index contributed by atoms with van der Waals surface area (Å²) in [5.74, 6) is 2.46. The molecule has 1 fully saturated rings. The summed E-state index contributed by atoms with van der Waals surface area (Å²) in [5.41, 5.74) is 2.14. The molecule has 0 aliphatic carbocycles. The average Bonchev–Trinajstić information content (AvgIpc) is 3.19. The van der Waals surface area contributed by atoms with Gasteiger partial charge in [0.1, 0.15) is 18.1 Å². The Balaban J connectivity index is 1.58. The van der Waals surface area contributed by atoms with Crippen LogP contribution in [-0.2, 0) is 11.3 Å². The lowest BCUT2D eigenvalue weighted by molar-refractivity contribution is 0.0682. The van der Waals surface area contributed by atoms with Crippen molar-refractivity contribution in [2.45, 2.75) is 45.8 Å². The predicted octanol–water partition coefficient (Wildman–Crippen LogP) is 5.28. The van der Waals surface area contributed by atoms with Gasteiger partial charge in [-0.15, -0.1) is 0 Å². The van der Waals surface area contributed by atoms with Gasteiger partial charge in [-0.05, 0) is 43.4 Å². The van der Waals surface area contributed by atoms with Gasteiger partial charge in [0.15, 0.2) is 0 Å². The zero-order chi connectivity index (χ0) is 18.9. The molecule has 0 bridgehead atoms. The number of nitrogens with one attached hydrogen (secondary N) is 1. The van der Waals surface area contributed by atoms with E-state index in [4.69, 9.17) is 14.2 Å². The van der Waals surface area contributed by atoms with E-state index in [1.165, 1.54) is 0 Å². The van der Waals surface area contributed by atoms with Gasteiger partial charge in [-0.3, -0.25) is 0 Å². The summed E-state index contributed by atoms with van der Waals surface area (Å²) in [4.78, 5) is 0. The molecule has 0 amide bonds. The standard InChI is InChI=1S/C23H31NO3/c1-18(2)13-15-26-22-11-5-3-8-19(22)16-24-21-10-4-6-12-23(21)27-17-20-9-7-14-25-20/h3-6,8,10-12,18,20,24H,7,9,13-17H2,1-2H3. The highest BCUT2D eigenvalue weighted by Crippen LogP contribution is 2.27. The van der Waals surface area contributed by atoms with E-state index in [2.05, 4.69) is 25.2 Å². The quantitative estimate of drug-likeness (QED) is 0.618. The van der Waals surface area contributed by atoms with Gasteiger partial charge >= 0.3 is 0 Å². The number of hydrogen-bond acceptors (Lipinski definition) is 4. The lowest BCUT2D eigenvalue weighted by atomic mass is 10.1. The van der Waals surface area contributed by atoms with Crippen molar-refractivity contribution in [2.75, 3.05) is 25.1 Å². The van der Waals surface area contributed by atoms with Gasteiger partial charge in [-0.2, -0.15) is 0 Å². The van der Waals surface area contributed by atoms with Crippen LogP contribution in [0.4, 0.5) is 5.69 Å². The Morgan fingerprint density at radius 3 is 2.59 bits per heavy atom. The molecule has 1 heterocycles. The van der Waals surface area contributed by atoms with Gasteiger partial charge in [0.05, 0.1) is 18.4 Å². The minimum atomic E-state index is 0.216. The molecule has 2 aromatic carbocycles. The minimum Gasteiger partial charge on any atom is -0.493 e. The minimum absolute atomic E-state index is 0.216. The number of anilines is 1. The summed E-state index contributed by atoms with van der Waals surface area (Å²) in [6, 6.07) is 16.3. The number of ether oxygens (including phenoxy) is 3. The van der Waals surface area contributed by atoms with E-state index in [9.17, 15) is 0 Å². The third-order valence-corrected chi connectivity index (χ3v) is 4.73. The Bertz CT molecular complexity index is 696. The summed E-state index contributed by atoms with van der Waals surface area (Å²) < 4.78 is 17.7. The molecule has 4 nitrogen and oxygen atoms in total. The molecule has 4 heteroatoms. The molecule has 1 aliphatic rings. The Labute approximate surface area is 162 Å². The van der Waals surface area contributed by atoms with Crippen molar-refractivity contribution in [1.29, 1.82) is 0 Å². The summed E-state index contributed by atoms with van der Waals surface area (Å²) in [5, 5.41) is 3.50. The molecule has 1 unspecified atom stereocenters. The maximum absolute atomic E-state index is 6.01. The smallest absolute Gasteiger partial charge is 0.142 e. The first-order chi connectivity index (χ1) is 13.2. The molecule has 146 valence electrons. The molecular formula is C23H31NO3. The Kier molecular flexibility index (Phi) is 7.40. The van der Waals surface area contributed by atoms with Crippen molar-refractivity contribution in [3.05, 3.63) is 54.1 Å². The van der Waals surface area contributed by atoms with E-state index in [0.29, 0.717) is 19.1 Å². The first-order valence-electron chi connectivity index (χ1n) is 10.0. The summed E-state index contributed by atoms with van der Waals surface area (Å²) in [6.07, 6.45) is 3.48. The second-order valence-electron chi connectivity index (χ2n) is 7.43. The van der Waals surface area contributed by atoms with Crippen LogP contribution in [0.15, 0.2) is 48.5 Å². The topological polar surface area (TPSA) is 39.7 Å². The molecule has 3 rings (SSSR count). The van der Waals surface area contributed by atoms with Crippen LogP contribution in [0.5, 0.6) is 11.5 Å². The molecule has 1 N–H and O–H groups in total. The highest BCUT2D eigenvalue weighted by atomic mass is 16.5. The first kappa shape index (κ1) is 19.6. The zero-order valence-electron chi connectivity index (χ0n) is 16.4. The van der Waals surface area contributed by atoms with Crippen LogP contribution < -0.4 is 14.8 Å². The maximum Gasteiger partial charge on any atom is 0.142 e. The van der Waals surface area contributed by atoms with Crippen molar-refractivity contribution in [2.24, 2.45) is 5.92 Å². The Morgan fingerprint density at radius 1 is 1.04 bits per heavy atom. The summed E-state index contributed by atoms with van der Waals surface area (Å²) in [7, 11) is 0. The monoisotopic (exact) mass is 369 g/mol. The fourth-order valence-electron chi connectivity index (χ4n) is 3.08. The molecule has 0 saturated carbocycles. The Hall–Kier alpha value is -2.20. The number of rotatable bonds is 10. The normalized spacial score (nSPS) is 16.5. The molecular weight excluding hydrogens is 338 g/mol. The van der Waals surface area contributed by atoms with E-state index in [1.54, 1.807) is 0 Å². The van der Waals surface area contributed by atoms with Crippen molar-refractivity contribution < 1.29 is 14.2 Å². The third kappa shape index (κ3) is 6.17. The number of benzene rings is 2. The van der Waals surface area contributed by atoms with Crippen LogP contribution in [0.3, 0.4) is 0 Å². The Morgan fingerprint density at radius 2 is 1.81 bits per heavy atom. The van der Waals surface area contributed by atoms with Gasteiger partial charge in [-0.25, -0.2) is 0 Å². The van der Waals surface area contributed by atoms with Gasteiger partial charge in [0, 0.05) is 18.7 Å². The maximum atomic E-state index is 6.01. The van der Waals surface area contributed by atoms with E-state index >= 15 is 0 Å². The molecule has 27 heavy (non-hydrogen) atoms. The highest BCUT2D eigenvalue weighted by Gasteiger charge is 2.16. The van der Waals surface area contributed by atoms with Crippen molar-refractivity contribution >= 4 is 5.69 Å². The third-order valence-electron chi connectivity index (χ3n) is 4.73. The van der Waals surface area contributed by atoms with E-state index in [1.807, 2.05) is 42.5 Å². The van der Waals surface area contributed by atoms with E-state index < -0.39 is 0 Å². The fraction of sp³-hybridized carbons (Fsp3) is 0.478. The van der Waals surface area contributed by atoms with Crippen LogP contribution in [0.1, 0.15) is 38.7 Å². The highest BCUT2D eigenvalue weighted by molar-refractivity contribution is 5.56. The summed E-state index contributed by atoms with van der Waals surface area (Å²) in [6.45, 7) is 7.32. The molecule has 0 spiro atoms. The van der Waals surface area contributed by atoms with Gasteiger partial charge in [0.25, 0.3) is 0 Å².